The fourth-order valence-corrected chi connectivity index (χ4v) is 1.86. The van der Waals surface area contributed by atoms with Gasteiger partial charge >= 0.3 is 0 Å². The molecule has 0 spiro atoms. The third-order valence-corrected chi connectivity index (χ3v) is 2.60. The van der Waals surface area contributed by atoms with Gasteiger partial charge in [0, 0.05) is 16.9 Å². The molecule has 0 atom stereocenters. The number of hydrogen-bond acceptors (Lipinski definition) is 4. The van der Waals surface area contributed by atoms with Crippen LogP contribution in [0.15, 0.2) is 24.3 Å². The van der Waals surface area contributed by atoms with Crippen LogP contribution in [0.3, 0.4) is 0 Å². The fraction of sp³-hybridized carbons (Fsp3) is 0.167. The monoisotopic (exact) mass is 231 g/mol. The minimum atomic E-state index is -1.34. The lowest BCUT2D eigenvalue weighted by Crippen LogP contribution is -2.25. The second kappa shape index (κ2) is 4.29. The molecule has 0 aliphatic rings. The second-order valence-electron chi connectivity index (χ2n) is 3.68. The van der Waals surface area contributed by atoms with Crippen molar-refractivity contribution in [3.05, 3.63) is 35.5 Å². The van der Waals surface area contributed by atoms with Crippen LogP contribution in [0.25, 0.3) is 10.9 Å². The van der Waals surface area contributed by atoms with Crippen molar-refractivity contribution in [3.8, 4) is 0 Å². The number of aliphatic carboxylic acids is 1. The van der Waals surface area contributed by atoms with E-state index in [1.165, 1.54) is 0 Å². The van der Waals surface area contributed by atoms with Crippen molar-refractivity contribution in [2.45, 2.75) is 12.8 Å². The van der Waals surface area contributed by atoms with E-state index in [2.05, 4.69) is 4.98 Å². The molecular formula is C12H9NO4-2. The summed E-state index contributed by atoms with van der Waals surface area (Å²) in [5, 5.41) is 22.1. The lowest BCUT2D eigenvalue weighted by atomic mass is 10.1. The first kappa shape index (κ1) is 11.2. The Morgan fingerprint density at radius 3 is 2.53 bits per heavy atom. The lowest BCUT2D eigenvalue weighted by Gasteiger charge is -2.06. The number of aryl methyl sites for hydroxylation is 1. The Labute approximate surface area is 96.7 Å². The van der Waals surface area contributed by atoms with E-state index in [4.69, 9.17) is 0 Å². The van der Waals surface area contributed by atoms with Crippen LogP contribution in [-0.4, -0.2) is 16.9 Å². The molecule has 2 aromatic rings. The zero-order valence-corrected chi connectivity index (χ0v) is 8.86. The third kappa shape index (κ3) is 2.13. The molecule has 0 radical (unpaired) electrons. The van der Waals surface area contributed by atoms with E-state index in [0.717, 1.165) is 0 Å². The maximum atomic E-state index is 10.9. The second-order valence-corrected chi connectivity index (χ2v) is 3.68. The van der Waals surface area contributed by atoms with E-state index in [1.54, 1.807) is 24.3 Å². The number of nitrogens with one attached hydrogen (secondary N) is 1. The van der Waals surface area contributed by atoms with Crippen molar-refractivity contribution in [2.75, 3.05) is 0 Å². The highest BCUT2D eigenvalue weighted by Gasteiger charge is 2.11. The van der Waals surface area contributed by atoms with Gasteiger partial charge < -0.3 is 24.8 Å². The highest BCUT2D eigenvalue weighted by atomic mass is 16.4. The van der Waals surface area contributed by atoms with E-state index >= 15 is 0 Å². The summed E-state index contributed by atoms with van der Waals surface area (Å²) in [5.41, 5.74) is 1.04. The van der Waals surface area contributed by atoms with Gasteiger partial charge in [-0.25, -0.2) is 0 Å². The van der Waals surface area contributed by atoms with Gasteiger partial charge in [0.25, 0.3) is 0 Å². The number of aromatic carboxylic acids is 1. The first-order valence-electron chi connectivity index (χ1n) is 5.10. The first-order valence-corrected chi connectivity index (χ1v) is 5.10. The van der Waals surface area contributed by atoms with Crippen LogP contribution >= 0.6 is 0 Å². The topological polar surface area (TPSA) is 96.0 Å². The first-order chi connectivity index (χ1) is 8.09. The highest BCUT2D eigenvalue weighted by molar-refractivity contribution is 5.96. The lowest BCUT2D eigenvalue weighted by molar-refractivity contribution is -0.305. The maximum Gasteiger partial charge on any atom is 0.0881 e. The molecule has 0 bridgehead atoms. The number of fused-ring (bicyclic) bond motifs is 1. The largest absolute Gasteiger partial charge is 0.550 e. The molecule has 0 amide bonds. The normalized spacial score (nSPS) is 10.6. The number of para-hydroxylation sites is 1. The van der Waals surface area contributed by atoms with Crippen molar-refractivity contribution in [1.29, 1.82) is 0 Å². The Kier molecular flexibility index (Phi) is 2.82. The summed E-state index contributed by atoms with van der Waals surface area (Å²) in [7, 11) is 0. The van der Waals surface area contributed by atoms with Crippen LogP contribution in [-0.2, 0) is 11.2 Å². The number of hydrogen-bond donors (Lipinski definition) is 1. The number of carbonyl (C=O) groups is 2. The number of aromatic amines is 1. The molecule has 5 nitrogen and oxygen atoms in total. The molecule has 2 rings (SSSR count). The number of rotatable bonds is 4. The van der Waals surface area contributed by atoms with E-state index in [-0.39, 0.29) is 18.5 Å². The van der Waals surface area contributed by atoms with Crippen molar-refractivity contribution in [3.63, 3.8) is 0 Å². The Hall–Kier alpha value is -2.30. The average molecular weight is 231 g/mol. The quantitative estimate of drug-likeness (QED) is 0.746. The van der Waals surface area contributed by atoms with Crippen LogP contribution in [0.5, 0.6) is 0 Å². The number of carboxylic acids is 2. The van der Waals surface area contributed by atoms with Crippen LogP contribution < -0.4 is 10.2 Å². The molecule has 1 heterocycles. The maximum absolute atomic E-state index is 10.9. The third-order valence-electron chi connectivity index (χ3n) is 2.60. The van der Waals surface area contributed by atoms with Gasteiger partial charge in [0.2, 0.25) is 0 Å². The predicted octanol–water partition coefficient (Wildman–Crippen LogP) is -0.786. The van der Waals surface area contributed by atoms with Crippen LogP contribution in [0.2, 0.25) is 0 Å². The summed E-state index contributed by atoms with van der Waals surface area (Å²) in [6.45, 7) is 0. The molecule has 1 N–H and O–H groups in total. The molecule has 0 fully saturated rings. The van der Waals surface area contributed by atoms with Gasteiger partial charge in [0.1, 0.15) is 0 Å². The number of H-pyrrole nitrogens is 1. The van der Waals surface area contributed by atoms with Crippen molar-refractivity contribution in [1.82, 2.24) is 4.98 Å². The van der Waals surface area contributed by atoms with Crippen LogP contribution in [0.1, 0.15) is 22.5 Å². The van der Waals surface area contributed by atoms with Gasteiger partial charge in [-0.2, -0.15) is 0 Å². The molecule has 17 heavy (non-hydrogen) atoms. The molecule has 0 saturated heterocycles. The molecule has 0 aliphatic heterocycles. The molecule has 0 saturated carbocycles. The fourth-order valence-electron chi connectivity index (χ4n) is 1.86. The van der Waals surface area contributed by atoms with Crippen LogP contribution in [0, 0.1) is 0 Å². The van der Waals surface area contributed by atoms with E-state index in [0.29, 0.717) is 16.5 Å². The van der Waals surface area contributed by atoms with Gasteiger partial charge in [-0.05, 0) is 24.5 Å². The summed E-state index contributed by atoms with van der Waals surface area (Å²) in [4.78, 5) is 24.1. The molecule has 1 aromatic heterocycles. The van der Waals surface area contributed by atoms with Crippen LogP contribution in [0.4, 0.5) is 0 Å². The predicted molar refractivity (Wildman–Crippen MR) is 56.0 cm³/mol. The Morgan fingerprint density at radius 1 is 1.18 bits per heavy atom. The molecule has 5 heteroatoms. The molecule has 88 valence electrons. The minimum absolute atomic E-state index is 0.0625. The SMILES string of the molecule is O=C([O-])CCc1c(C(=O)[O-])[nH]c2ccccc12. The van der Waals surface area contributed by atoms with Crippen molar-refractivity contribution < 1.29 is 19.8 Å². The van der Waals surface area contributed by atoms with Crippen molar-refractivity contribution in [2.24, 2.45) is 0 Å². The standard InChI is InChI=1S/C12H11NO4/c14-10(15)6-5-8-7-3-1-2-4-9(7)13-11(8)12(16)17/h1-4,13H,5-6H2,(H,14,15)(H,16,17)/p-2. The Morgan fingerprint density at radius 2 is 1.88 bits per heavy atom. The van der Waals surface area contributed by atoms with E-state index in [1.807, 2.05) is 0 Å². The summed E-state index contributed by atoms with van der Waals surface area (Å²) in [6.07, 6.45) is -0.113. The molecule has 0 aliphatic carbocycles. The number of benzene rings is 1. The molecule has 0 unspecified atom stereocenters. The average Bonchev–Trinajstić information content (AvgIpc) is 2.65. The van der Waals surface area contributed by atoms with Gasteiger partial charge in [-0.15, -0.1) is 0 Å². The van der Waals surface area contributed by atoms with Gasteiger partial charge in [0.05, 0.1) is 11.7 Å². The molecule has 1 aromatic carbocycles. The smallest absolute Gasteiger partial charge is 0.0881 e. The molecular weight excluding hydrogens is 222 g/mol. The van der Waals surface area contributed by atoms with Gasteiger partial charge in [-0.3, -0.25) is 0 Å². The Bertz CT molecular complexity index is 585. The number of aromatic nitrogens is 1. The number of carbonyl (C=O) groups excluding carboxylic acids is 2. The summed E-state index contributed by atoms with van der Waals surface area (Å²) < 4.78 is 0. The highest BCUT2D eigenvalue weighted by Crippen LogP contribution is 2.23. The zero-order valence-electron chi connectivity index (χ0n) is 8.86. The summed E-state index contributed by atoms with van der Waals surface area (Å²) in [6, 6.07) is 6.99. The zero-order chi connectivity index (χ0) is 12.4. The summed E-state index contributed by atoms with van der Waals surface area (Å²) in [5.74, 6) is -2.55. The van der Waals surface area contributed by atoms with Crippen molar-refractivity contribution >= 4 is 22.8 Å². The van der Waals surface area contributed by atoms with E-state index in [9.17, 15) is 19.8 Å². The van der Waals surface area contributed by atoms with Gasteiger partial charge in [0.15, 0.2) is 0 Å². The summed E-state index contributed by atoms with van der Waals surface area (Å²) >= 11 is 0. The van der Waals surface area contributed by atoms with Gasteiger partial charge in [-0.1, -0.05) is 18.2 Å². The Balaban J connectivity index is 2.51. The van der Waals surface area contributed by atoms with E-state index < -0.39 is 11.9 Å². The number of carboxylic acid groups (broad SMARTS) is 2. The minimum Gasteiger partial charge on any atom is -0.550 e.